The summed E-state index contributed by atoms with van der Waals surface area (Å²) >= 11 is 1.45. The number of nitrogens with zero attached hydrogens (tertiary/aromatic N) is 2. The number of ketones is 1. The highest BCUT2D eigenvalue weighted by atomic mass is 32.1. The van der Waals surface area contributed by atoms with Crippen LogP contribution in [-0.4, -0.2) is 26.7 Å². The predicted octanol–water partition coefficient (Wildman–Crippen LogP) is 5.37. The third kappa shape index (κ3) is 3.98. The Morgan fingerprint density at radius 3 is 2.53 bits per heavy atom. The standard InChI is InChI=1S/C26H26N2O3S/c1-16-10-11-17(26(2,3)4)14-19(16)23(29)21-22(20-9-7-13-32-20)28(25(31)24(21)30)15-18-8-5-6-12-27-18/h5-14,22,29H,15H2,1-4H3/b23-21+. The second kappa shape index (κ2) is 8.36. The first-order chi connectivity index (χ1) is 15.2. The van der Waals surface area contributed by atoms with Crippen LogP contribution in [-0.2, 0) is 21.5 Å². The van der Waals surface area contributed by atoms with E-state index in [0.29, 0.717) is 11.3 Å². The number of aliphatic hydroxyl groups is 1. The predicted molar refractivity (Wildman–Crippen MR) is 126 cm³/mol. The molecule has 164 valence electrons. The number of carbonyl (C=O) groups is 2. The van der Waals surface area contributed by atoms with E-state index in [2.05, 4.69) is 25.8 Å². The van der Waals surface area contributed by atoms with Crippen molar-refractivity contribution in [2.24, 2.45) is 0 Å². The lowest BCUT2D eigenvalue weighted by atomic mass is 9.84. The lowest BCUT2D eigenvalue weighted by Crippen LogP contribution is -2.29. The van der Waals surface area contributed by atoms with Crippen LogP contribution in [0.3, 0.4) is 0 Å². The average Bonchev–Trinajstić information content (AvgIpc) is 3.36. The highest BCUT2D eigenvalue weighted by Gasteiger charge is 2.46. The Kier molecular flexibility index (Phi) is 5.73. The largest absolute Gasteiger partial charge is 0.507 e. The summed E-state index contributed by atoms with van der Waals surface area (Å²) in [5.74, 6) is -1.42. The maximum Gasteiger partial charge on any atom is 0.296 e. The molecule has 0 radical (unpaired) electrons. The maximum atomic E-state index is 13.2. The molecule has 1 saturated heterocycles. The minimum atomic E-state index is -0.669. The van der Waals surface area contributed by atoms with Crippen molar-refractivity contribution in [3.63, 3.8) is 0 Å². The number of hydrogen-bond acceptors (Lipinski definition) is 5. The molecule has 1 aromatic carbocycles. The van der Waals surface area contributed by atoms with Gasteiger partial charge in [-0.2, -0.15) is 0 Å². The monoisotopic (exact) mass is 446 g/mol. The number of carbonyl (C=O) groups excluding carboxylic acids is 2. The topological polar surface area (TPSA) is 70.5 Å². The number of aliphatic hydroxyl groups excluding tert-OH is 1. The van der Waals surface area contributed by atoms with E-state index >= 15 is 0 Å². The Balaban J connectivity index is 1.87. The van der Waals surface area contributed by atoms with Gasteiger partial charge in [0.15, 0.2) is 0 Å². The normalized spacial score (nSPS) is 18.4. The summed E-state index contributed by atoms with van der Waals surface area (Å²) in [4.78, 5) is 32.9. The lowest BCUT2D eigenvalue weighted by Gasteiger charge is -2.24. The Bertz CT molecular complexity index is 1190. The molecule has 2 aromatic heterocycles. The number of likely N-dealkylation sites (tertiary alicyclic amines) is 1. The number of benzene rings is 1. The van der Waals surface area contributed by atoms with E-state index in [-0.39, 0.29) is 23.3 Å². The van der Waals surface area contributed by atoms with Crippen molar-refractivity contribution < 1.29 is 14.7 Å². The zero-order valence-electron chi connectivity index (χ0n) is 18.6. The van der Waals surface area contributed by atoms with Gasteiger partial charge in [-0.3, -0.25) is 14.6 Å². The molecule has 6 heteroatoms. The van der Waals surface area contributed by atoms with Crippen molar-refractivity contribution in [1.82, 2.24) is 9.88 Å². The highest BCUT2D eigenvalue weighted by molar-refractivity contribution is 7.10. The summed E-state index contributed by atoms with van der Waals surface area (Å²) < 4.78 is 0. The molecule has 1 aliphatic heterocycles. The molecule has 3 heterocycles. The molecule has 5 nitrogen and oxygen atoms in total. The van der Waals surface area contributed by atoms with Gasteiger partial charge in [-0.1, -0.05) is 45.0 Å². The van der Waals surface area contributed by atoms with Crippen LogP contribution in [0.1, 0.15) is 54.1 Å². The van der Waals surface area contributed by atoms with E-state index in [4.69, 9.17) is 0 Å². The molecule has 0 bridgehead atoms. The minimum Gasteiger partial charge on any atom is -0.507 e. The van der Waals surface area contributed by atoms with E-state index < -0.39 is 17.7 Å². The van der Waals surface area contributed by atoms with Crippen molar-refractivity contribution in [2.45, 2.75) is 45.7 Å². The summed E-state index contributed by atoms with van der Waals surface area (Å²) in [6.45, 7) is 8.37. The minimum absolute atomic E-state index is 0.124. The lowest BCUT2D eigenvalue weighted by molar-refractivity contribution is -0.140. The molecule has 1 unspecified atom stereocenters. The first-order valence-corrected chi connectivity index (χ1v) is 11.4. The number of aromatic nitrogens is 1. The number of Topliss-reactive ketones (excluding diaryl/α,β-unsaturated/α-hetero) is 1. The molecule has 3 aromatic rings. The van der Waals surface area contributed by atoms with E-state index in [1.165, 1.54) is 16.2 Å². The molecule has 0 saturated carbocycles. The van der Waals surface area contributed by atoms with Gasteiger partial charge >= 0.3 is 0 Å². The molecule has 4 rings (SSSR count). The molecule has 1 amide bonds. The van der Waals surface area contributed by atoms with E-state index in [9.17, 15) is 14.7 Å². The molecule has 1 N–H and O–H groups in total. The molecule has 0 aliphatic carbocycles. The number of rotatable bonds is 4. The molecule has 1 atom stereocenters. The van der Waals surface area contributed by atoms with Gasteiger partial charge in [0.05, 0.1) is 17.8 Å². The van der Waals surface area contributed by atoms with Gasteiger partial charge in [0.1, 0.15) is 11.8 Å². The Hall–Kier alpha value is -3.25. The smallest absolute Gasteiger partial charge is 0.296 e. The second-order valence-corrected chi connectivity index (χ2v) is 10.0. The number of amides is 1. The van der Waals surface area contributed by atoms with Crippen LogP contribution in [0.5, 0.6) is 0 Å². The molecule has 1 fully saturated rings. The van der Waals surface area contributed by atoms with Crippen LogP contribution in [0.25, 0.3) is 5.76 Å². The summed E-state index contributed by atoms with van der Waals surface area (Å²) in [7, 11) is 0. The van der Waals surface area contributed by atoms with Gasteiger partial charge in [0, 0.05) is 16.6 Å². The van der Waals surface area contributed by atoms with Crippen molar-refractivity contribution >= 4 is 28.8 Å². The van der Waals surface area contributed by atoms with Crippen LogP contribution >= 0.6 is 11.3 Å². The fourth-order valence-corrected chi connectivity index (χ4v) is 4.79. The van der Waals surface area contributed by atoms with Gasteiger partial charge in [-0.15, -0.1) is 11.3 Å². The second-order valence-electron chi connectivity index (χ2n) is 9.04. The van der Waals surface area contributed by atoms with E-state index in [0.717, 1.165) is 16.0 Å². The van der Waals surface area contributed by atoms with Gasteiger partial charge < -0.3 is 10.0 Å². The van der Waals surface area contributed by atoms with Crippen molar-refractivity contribution in [3.8, 4) is 0 Å². The molecule has 1 aliphatic rings. The van der Waals surface area contributed by atoms with Gasteiger partial charge in [-0.05, 0) is 53.1 Å². The average molecular weight is 447 g/mol. The highest BCUT2D eigenvalue weighted by Crippen LogP contribution is 2.42. The van der Waals surface area contributed by atoms with Gasteiger partial charge in [0.2, 0.25) is 0 Å². The molecule has 0 spiro atoms. The van der Waals surface area contributed by atoms with Crippen LogP contribution in [0.2, 0.25) is 0 Å². The zero-order chi connectivity index (χ0) is 23.0. The number of thiophene rings is 1. The van der Waals surface area contributed by atoms with Crippen LogP contribution < -0.4 is 0 Å². The first kappa shape index (κ1) is 22.0. The number of pyridine rings is 1. The zero-order valence-corrected chi connectivity index (χ0v) is 19.4. The third-order valence-electron chi connectivity index (χ3n) is 5.77. The number of aryl methyl sites for hydroxylation is 1. The molecular formula is C26H26N2O3S. The van der Waals surface area contributed by atoms with Crippen molar-refractivity contribution in [1.29, 1.82) is 0 Å². The van der Waals surface area contributed by atoms with Crippen LogP contribution in [0.4, 0.5) is 0 Å². The maximum absolute atomic E-state index is 13.2. The third-order valence-corrected chi connectivity index (χ3v) is 6.69. The van der Waals surface area contributed by atoms with Gasteiger partial charge in [-0.25, -0.2) is 0 Å². The van der Waals surface area contributed by atoms with Crippen molar-refractivity contribution in [3.05, 3.63) is 92.9 Å². The quantitative estimate of drug-likeness (QED) is 0.332. The summed E-state index contributed by atoms with van der Waals surface area (Å²) in [5.41, 5.74) is 3.15. The van der Waals surface area contributed by atoms with E-state index in [1.54, 1.807) is 12.3 Å². The van der Waals surface area contributed by atoms with Crippen molar-refractivity contribution in [2.75, 3.05) is 0 Å². The van der Waals surface area contributed by atoms with E-state index in [1.807, 2.05) is 54.8 Å². The molecular weight excluding hydrogens is 420 g/mol. The summed E-state index contributed by atoms with van der Waals surface area (Å²) in [5, 5.41) is 13.3. The van der Waals surface area contributed by atoms with Crippen LogP contribution in [0, 0.1) is 6.92 Å². The molecule has 32 heavy (non-hydrogen) atoms. The Morgan fingerprint density at radius 2 is 1.91 bits per heavy atom. The SMILES string of the molecule is Cc1ccc(C(C)(C)C)cc1/C(O)=C1\C(=O)C(=O)N(Cc2ccccn2)C1c1cccs1. The first-order valence-electron chi connectivity index (χ1n) is 10.5. The summed E-state index contributed by atoms with van der Waals surface area (Å²) in [6.07, 6.45) is 1.66. The Morgan fingerprint density at radius 1 is 1.12 bits per heavy atom. The van der Waals surface area contributed by atoms with Gasteiger partial charge in [0.25, 0.3) is 11.7 Å². The summed E-state index contributed by atoms with van der Waals surface area (Å²) in [6, 6.07) is 14.5. The number of hydrogen-bond donors (Lipinski definition) is 1. The Labute approximate surface area is 192 Å². The fraction of sp³-hybridized carbons (Fsp3) is 0.269. The van der Waals surface area contributed by atoms with Crippen LogP contribution in [0.15, 0.2) is 65.7 Å². The fourth-order valence-electron chi connectivity index (χ4n) is 3.94.